The summed E-state index contributed by atoms with van der Waals surface area (Å²) in [6, 6.07) is 7.00. The third-order valence-corrected chi connectivity index (χ3v) is 5.11. The van der Waals surface area contributed by atoms with Crippen LogP contribution in [0, 0.1) is 0 Å². The first-order valence-corrected chi connectivity index (χ1v) is 9.72. The topological polar surface area (TPSA) is 94.3 Å². The molecule has 1 aliphatic heterocycles. The summed E-state index contributed by atoms with van der Waals surface area (Å²) in [5.74, 6) is 0.983. The average Bonchev–Trinajstić information content (AvgIpc) is 3.11. The maximum absolute atomic E-state index is 13.1. The Labute approximate surface area is 167 Å². The number of ketones is 1. The molecule has 3 aromatic rings. The van der Waals surface area contributed by atoms with E-state index in [1.807, 2.05) is 11.5 Å². The van der Waals surface area contributed by atoms with Crippen molar-refractivity contribution in [2.45, 2.75) is 20.4 Å². The number of imidazole rings is 1. The van der Waals surface area contributed by atoms with Crippen molar-refractivity contribution in [3.8, 4) is 11.8 Å². The van der Waals surface area contributed by atoms with Gasteiger partial charge < -0.3 is 19.5 Å². The number of Topliss-reactive ketones (excluding diaryl/α,β-unsaturated/α-hetero) is 1. The van der Waals surface area contributed by atoms with Crippen LogP contribution in [0.25, 0.3) is 11.2 Å². The molecule has 1 aliphatic rings. The number of carbonyl (C=O) groups is 1. The molecule has 4 rings (SSSR count). The van der Waals surface area contributed by atoms with Crippen LogP contribution in [0.15, 0.2) is 29.1 Å². The van der Waals surface area contributed by atoms with Gasteiger partial charge >= 0.3 is 6.01 Å². The van der Waals surface area contributed by atoms with Crippen LogP contribution in [0.1, 0.15) is 24.2 Å². The molecule has 1 aromatic carbocycles. The van der Waals surface area contributed by atoms with Gasteiger partial charge in [-0.25, -0.2) is 0 Å². The van der Waals surface area contributed by atoms with E-state index in [-0.39, 0.29) is 17.4 Å². The molecule has 0 saturated carbocycles. The molecule has 1 N–H and O–H groups in total. The number of rotatable bonds is 5. The fraction of sp³-hybridized carbons (Fsp3) is 0.400. The summed E-state index contributed by atoms with van der Waals surface area (Å²) in [5, 5.41) is 3.32. The standard InChI is InChI=1S/C20H24N6O3/c1-4-26-16-17(22-19(26)25-11-9-21-10-12-25)23-20(24(3)18(16)28)29-15-8-6-5-7-14(15)13(2)27/h5-8,21H,4,9-12H2,1-3H3. The highest BCUT2D eigenvalue weighted by molar-refractivity contribution is 5.96. The van der Waals surface area contributed by atoms with Gasteiger partial charge in [0, 0.05) is 39.8 Å². The second-order valence-electron chi connectivity index (χ2n) is 6.98. The van der Waals surface area contributed by atoms with Crippen molar-refractivity contribution in [1.82, 2.24) is 24.4 Å². The van der Waals surface area contributed by atoms with Crippen LogP contribution >= 0.6 is 0 Å². The number of aryl methyl sites for hydroxylation is 1. The Morgan fingerprint density at radius 3 is 2.62 bits per heavy atom. The van der Waals surface area contributed by atoms with E-state index in [2.05, 4.69) is 20.2 Å². The molecular weight excluding hydrogens is 372 g/mol. The van der Waals surface area contributed by atoms with Crippen LogP contribution in [0.5, 0.6) is 11.8 Å². The monoisotopic (exact) mass is 396 g/mol. The number of carbonyl (C=O) groups excluding carboxylic acids is 1. The van der Waals surface area contributed by atoms with E-state index in [0.29, 0.717) is 29.0 Å². The summed E-state index contributed by atoms with van der Waals surface area (Å²) in [5.41, 5.74) is 0.998. The lowest BCUT2D eigenvalue weighted by atomic mass is 10.1. The highest BCUT2D eigenvalue weighted by Gasteiger charge is 2.23. The van der Waals surface area contributed by atoms with Gasteiger partial charge in [0.15, 0.2) is 16.9 Å². The van der Waals surface area contributed by atoms with Crippen LogP contribution in [-0.2, 0) is 13.6 Å². The summed E-state index contributed by atoms with van der Waals surface area (Å²) in [6.07, 6.45) is 0. The van der Waals surface area contributed by atoms with Crippen LogP contribution in [0.2, 0.25) is 0 Å². The van der Waals surface area contributed by atoms with E-state index < -0.39 is 0 Å². The highest BCUT2D eigenvalue weighted by atomic mass is 16.5. The largest absolute Gasteiger partial charge is 0.425 e. The lowest BCUT2D eigenvalue weighted by molar-refractivity contribution is 0.101. The Kier molecular flexibility index (Phi) is 5.06. The van der Waals surface area contributed by atoms with Gasteiger partial charge in [0.2, 0.25) is 5.95 Å². The molecule has 9 nitrogen and oxygen atoms in total. The molecule has 29 heavy (non-hydrogen) atoms. The fourth-order valence-corrected chi connectivity index (χ4v) is 3.57. The molecule has 2 aromatic heterocycles. The van der Waals surface area contributed by atoms with E-state index >= 15 is 0 Å². The number of benzene rings is 1. The summed E-state index contributed by atoms with van der Waals surface area (Å²) >= 11 is 0. The predicted octanol–water partition coefficient (Wildman–Crippen LogP) is 1.55. The molecule has 152 valence electrons. The number of nitrogens with one attached hydrogen (secondary N) is 1. The number of anilines is 1. The second-order valence-corrected chi connectivity index (χ2v) is 6.98. The average molecular weight is 396 g/mol. The number of hydrogen-bond acceptors (Lipinski definition) is 7. The molecule has 0 radical (unpaired) electrons. The Bertz CT molecular complexity index is 1130. The molecule has 0 unspecified atom stereocenters. The van der Waals surface area contributed by atoms with Crippen molar-refractivity contribution in [3.63, 3.8) is 0 Å². The SMILES string of the molecule is CCn1c(N2CCNCC2)nc2nc(Oc3ccccc3C(C)=O)n(C)c(=O)c21. The molecule has 0 spiro atoms. The Morgan fingerprint density at radius 1 is 1.21 bits per heavy atom. The van der Waals surface area contributed by atoms with Crippen LogP contribution < -0.4 is 20.5 Å². The summed E-state index contributed by atoms with van der Waals surface area (Å²) in [6.45, 7) is 7.45. The summed E-state index contributed by atoms with van der Waals surface area (Å²) in [7, 11) is 1.61. The van der Waals surface area contributed by atoms with E-state index in [1.54, 1.807) is 31.3 Å². The Morgan fingerprint density at radius 2 is 1.93 bits per heavy atom. The van der Waals surface area contributed by atoms with Crippen LogP contribution in [0.4, 0.5) is 5.95 Å². The number of para-hydroxylation sites is 1. The zero-order valence-corrected chi connectivity index (χ0v) is 16.8. The van der Waals surface area contributed by atoms with Gasteiger partial charge in [-0.2, -0.15) is 9.97 Å². The first-order valence-electron chi connectivity index (χ1n) is 9.72. The lowest BCUT2D eigenvalue weighted by Crippen LogP contribution is -2.44. The van der Waals surface area contributed by atoms with Crippen molar-refractivity contribution in [2.75, 3.05) is 31.1 Å². The van der Waals surface area contributed by atoms with Gasteiger partial charge in [-0.1, -0.05) is 12.1 Å². The number of ether oxygens (including phenoxy) is 1. The molecule has 3 heterocycles. The molecule has 9 heteroatoms. The minimum absolute atomic E-state index is 0.101. The molecule has 0 bridgehead atoms. The number of aromatic nitrogens is 4. The Hall–Kier alpha value is -3.20. The van der Waals surface area contributed by atoms with E-state index in [4.69, 9.17) is 4.74 Å². The molecular formula is C20H24N6O3. The minimum Gasteiger partial charge on any atom is -0.425 e. The van der Waals surface area contributed by atoms with Gasteiger partial charge in [0.25, 0.3) is 5.56 Å². The molecule has 0 amide bonds. The van der Waals surface area contributed by atoms with Gasteiger partial charge in [-0.3, -0.25) is 14.2 Å². The third-order valence-electron chi connectivity index (χ3n) is 5.11. The third kappa shape index (κ3) is 3.38. The lowest BCUT2D eigenvalue weighted by Gasteiger charge is -2.28. The number of piperazine rings is 1. The first-order chi connectivity index (χ1) is 14.0. The zero-order valence-electron chi connectivity index (χ0n) is 16.8. The number of fused-ring (bicyclic) bond motifs is 1. The summed E-state index contributed by atoms with van der Waals surface area (Å²) in [4.78, 5) is 36.3. The highest BCUT2D eigenvalue weighted by Crippen LogP contribution is 2.26. The predicted molar refractivity (Wildman–Crippen MR) is 110 cm³/mol. The maximum Gasteiger partial charge on any atom is 0.306 e. The van der Waals surface area contributed by atoms with Crippen molar-refractivity contribution < 1.29 is 9.53 Å². The van der Waals surface area contributed by atoms with Crippen molar-refractivity contribution >= 4 is 22.9 Å². The molecule has 0 atom stereocenters. The molecule has 1 fully saturated rings. The van der Waals surface area contributed by atoms with Gasteiger partial charge in [-0.05, 0) is 26.0 Å². The van der Waals surface area contributed by atoms with Crippen molar-refractivity contribution in [2.24, 2.45) is 7.05 Å². The summed E-state index contributed by atoms with van der Waals surface area (Å²) < 4.78 is 9.14. The minimum atomic E-state index is -0.235. The smallest absolute Gasteiger partial charge is 0.306 e. The van der Waals surface area contributed by atoms with Gasteiger partial charge in [0.1, 0.15) is 5.75 Å². The van der Waals surface area contributed by atoms with Crippen molar-refractivity contribution in [3.05, 3.63) is 40.2 Å². The van der Waals surface area contributed by atoms with E-state index in [0.717, 1.165) is 32.1 Å². The van der Waals surface area contributed by atoms with Crippen LogP contribution in [0.3, 0.4) is 0 Å². The van der Waals surface area contributed by atoms with E-state index in [9.17, 15) is 9.59 Å². The van der Waals surface area contributed by atoms with Gasteiger partial charge in [-0.15, -0.1) is 0 Å². The second kappa shape index (κ2) is 7.67. The first kappa shape index (κ1) is 19.1. The molecule has 0 aliphatic carbocycles. The number of nitrogens with zero attached hydrogens (tertiary/aromatic N) is 5. The normalized spacial score (nSPS) is 14.4. The van der Waals surface area contributed by atoms with Crippen LogP contribution in [-0.4, -0.2) is 51.1 Å². The van der Waals surface area contributed by atoms with E-state index in [1.165, 1.54) is 11.5 Å². The fourth-order valence-electron chi connectivity index (χ4n) is 3.57. The quantitative estimate of drug-likeness (QED) is 0.654. The maximum atomic E-state index is 13.1. The van der Waals surface area contributed by atoms with Crippen molar-refractivity contribution in [1.29, 1.82) is 0 Å². The van der Waals surface area contributed by atoms with Gasteiger partial charge in [0.05, 0.1) is 5.56 Å². The Balaban J connectivity index is 1.82. The number of hydrogen-bond donors (Lipinski definition) is 1. The molecule has 1 saturated heterocycles. The zero-order chi connectivity index (χ0) is 20.5.